The average molecular weight is 284 g/mol. The molecule has 0 radical (unpaired) electrons. The van der Waals surface area contributed by atoms with Crippen LogP contribution >= 0.6 is 0 Å². The zero-order valence-corrected chi connectivity index (χ0v) is 12.2. The van der Waals surface area contributed by atoms with Gasteiger partial charge >= 0.3 is 12.0 Å². The Hall–Kier alpha value is -1.30. The van der Waals surface area contributed by atoms with Crippen LogP contribution in [0.15, 0.2) is 0 Å². The van der Waals surface area contributed by atoms with Gasteiger partial charge in [0, 0.05) is 26.1 Å². The minimum absolute atomic E-state index is 0.114. The molecule has 6 nitrogen and oxygen atoms in total. The molecule has 20 heavy (non-hydrogen) atoms. The van der Waals surface area contributed by atoms with E-state index in [0.717, 1.165) is 19.3 Å². The second-order valence-electron chi connectivity index (χ2n) is 6.22. The number of aliphatic hydroxyl groups excluding tert-OH is 1. The van der Waals surface area contributed by atoms with E-state index >= 15 is 0 Å². The summed E-state index contributed by atoms with van der Waals surface area (Å²) in [5, 5.41) is 18.8. The molecule has 2 amide bonds. The Labute approximate surface area is 119 Å². The number of carboxylic acid groups (broad SMARTS) is 1. The average Bonchev–Trinajstić information content (AvgIpc) is 2.79. The van der Waals surface area contributed by atoms with Crippen molar-refractivity contribution in [2.45, 2.75) is 57.2 Å². The summed E-state index contributed by atoms with van der Waals surface area (Å²) < 4.78 is 0. The van der Waals surface area contributed by atoms with Crippen LogP contribution in [0, 0.1) is 5.92 Å². The number of β-amino-alcohol motifs (C(OH)–C–C–N with tert-alkyl or cyclic N) is 1. The molecule has 2 unspecified atom stereocenters. The van der Waals surface area contributed by atoms with Crippen molar-refractivity contribution >= 4 is 12.0 Å². The fourth-order valence-electron chi connectivity index (χ4n) is 3.37. The van der Waals surface area contributed by atoms with Gasteiger partial charge in [0.2, 0.25) is 0 Å². The number of rotatable bonds is 2. The van der Waals surface area contributed by atoms with Crippen molar-refractivity contribution in [2.75, 3.05) is 13.6 Å². The minimum atomic E-state index is -1.04. The van der Waals surface area contributed by atoms with Crippen molar-refractivity contribution < 1.29 is 19.8 Å². The van der Waals surface area contributed by atoms with Crippen molar-refractivity contribution in [1.82, 2.24) is 9.80 Å². The van der Waals surface area contributed by atoms with Crippen LogP contribution in [0.5, 0.6) is 0 Å². The lowest BCUT2D eigenvalue weighted by Crippen LogP contribution is -2.50. The fraction of sp³-hybridized carbons (Fsp3) is 0.857. The number of hydrogen-bond donors (Lipinski definition) is 2. The van der Waals surface area contributed by atoms with Gasteiger partial charge in [-0.25, -0.2) is 9.59 Å². The molecule has 2 aliphatic rings. The molecule has 0 aromatic rings. The van der Waals surface area contributed by atoms with Gasteiger partial charge < -0.3 is 20.0 Å². The van der Waals surface area contributed by atoms with Crippen molar-refractivity contribution in [3.05, 3.63) is 0 Å². The van der Waals surface area contributed by atoms with Crippen LogP contribution in [0.2, 0.25) is 0 Å². The predicted molar refractivity (Wildman–Crippen MR) is 73.3 cm³/mol. The molecule has 1 aliphatic heterocycles. The molecule has 4 atom stereocenters. The smallest absolute Gasteiger partial charge is 0.326 e. The highest BCUT2D eigenvalue weighted by Gasteiger charge is 2.41. The fourth-order valence-corrected chi connectivity index (χ4v) is 3.37. The Morgan fingerprint density at radius 3 is 2.55 bits per heavy atom. The van der Waals surface area contributed by atoms with Gasteiger partial charge in [0.05, 0.1) is 6.10 Å². The molecular weight excluding hydrogens is 260 g/mol. The number of likely N-dealkylation sites (tertiary alicyclic amines) is 1. The van der Waals surface area contributed by atoms with E-state index in [1.807, 2.05) is 0 Å². The Balaban J connectivity index is 2.03. The van der Waals surface area contributed by atoms with Gasteiger partial charge in [-0.15, -0.1) is 0 Å². The number of carbonyl (C=O) groups excluding carboxylic acids is 1. The molecule has 114 valence electrons. The lowest BCUT2D eigenvalue weighted by atomic mass is 9.86. The number of aliphatic carboxylic acids is 1. The summed E-state index contributed by atoms with van der Waals surface area (Å²) in [5.41, 5.74) is 0. The van der Waals surface area contributed by atoms with Crippen LogP contribution < -0.4 is 0 Å². The Bertz CT molecular complexity index is 387. The topological polar surface area (TPSA) is 81.1 Å². The molecule has 1 saturated carbocycles. The maximum atomic E-state index is 12.5. The molecule has 0 aromatic heterocycles. The van der Waals surface area contributed by atoms with Crippen LogP contribution in [0.4, 0.5) is 4.79 Å². The van der Waals surface area contributed by atoms with Gasteiger partial charge in [-0.2, -0.15) is 0 Å². The maximum absolute atomic E-state index is 12.5. The molecule has 0 aromatic carbocycles. The summed E-state index contributed by atoms with van der Waals surface area (Å²) in [6.07, 6.45) is 3.62. The third-order valence-corrected chi connectivity index (χ3v) is 4.57. The number of aliphatic hydroxyl groups is 1. The second-order valence-corrected chi connectivity index (χ2v) is 6.22. The maximum Gasteiger partial charge on any atom is 0.326 e. The molecule has 1 saturated heterocycles. The highest BCUT2D eigenvalue weighted by molar-refractivity contribution is 5.83. The largest absolute Gasteiger partial charge is 0.480 e. The molecule has 6 heteroatoms. The number of carbonyl (C=O) groups is 2. The zero-order valence-electron chi connectivity index (χ0n) is 12.2. The summed E-state index contributed by atoms with van der Waals surface area (Å²) in [4.78, 5) is 26.6. The van der Waals surface area contributed by atoms with E-state index in [9.17, 15) is 14.7 Å². The molecular formula is C14H24N2O4. The van der Waals surface area contributed by atoms with Gasteiger partial charge in [-0.1, -0.05) is 19.8 Å². The molecule has 2 rings (SSSR count). The van der Waals surface area contributed by atoms with Gasteiger partial charge in [0.25, 0.3) is 0 Å². The van der Waals surface area contributed by atoms with E-state index in [4.69, 9.17) is 5.11 Å². The Morgan fingerprint density at radius 1 is 1.25 bits per heavy atom. The molecule has 2 N–H and O–H groups in total. The van der Waals surface area contributed by atoms with Crippen LogP contribution in [0.1, 0.15) is 39.0 Å². The monoisotopic (exact) mass is 284 g/mol. The number of nitrogens with zero attached hydrogens (tertiary/aromatic N) is 2. The molecule has 0 bridgehead atoms. The van der Waals surface area contributed by atoms with E-state index in [0.29, 0.717) is 5.92 Å². The lowest BCUT2D eigenvalue weighted by Gasteiger charge is -2.37. The van der Waals surface area contributed by atoms with E-state index < -0.39 is 18.1 Å². The van der Waals surface area contributed by atoms with Crippen LogP contribution in [-0.4, -0.2) is 63.8 Å². The standard InChI is InChI=1S/C14H24N2O4/c1-9-4-3-5-10(6-9)15(2)14(20)16-8-11(17)7-12(16)13(18)19/h9-12,17H,3-8H2,1-2H3,(H,18,19)/t9?,10?,11-,12+/m1/s1. The molecule has 2 fully saturated rings. The Morgan fingerprint density at radius 2 is 1.95 bits per heavy atom. The van der Waals surface area contributed by atoms with E-state index in [2.05, 4.69) is 6.92 Å². The second kappa shape index (κ2) is 5.99. The summed E-state index contributed by atoms with van der Waals surface area (Å²) in [6, 6.07) is -0.993. The summed E-state index contributed by atoms with van der Waals surface area (Å²) >= 11 is 0. The Kier molecular flexibility index (Phi) is 4.52. The number of amides is 2. The van der Waals surface area contributed by atoms with E-state index in [1.165, 1.54) is 11.3 Å². The van der Waals surface area contributed by atoms with E-state index in [-0.39, 0.29) is 25.0 Å². The first-order valence-corrected chi connectivity index (χ1v) is 7.34. The van der Waals surface area contributed by atoms with Crippen molar-refractivity contribution in [1.29, 1.82) is 0 Å². The van der Waals surface area contributed by atoms with Crippen molar-refractivity contribution in [3.8, 4) is 0 Å². The predicted octanol–water partition coefficient (Wildman–Crippen LogP) is 1.14. The minimum Gasteiger partial charge on any atom is -0.480 e. The third-order valence-electron chi connectivity index (χ3n) is 4.57. The first-order valence-electron chi connectivity index (χ1n) is 7.34. The highest BCUT2D eigenvalue weighted by atomic mass is 16.4. The molecule has 1 aliphatic carbocycles. The summed E-state index contributed by atoms with van der Waals surface area (Å²) in [5.74, 6) is -0.441. The summed E-state index contributed by atoms with van der Waals surface area (Å²) in [7, 11) is 1.74. The first-order chi connectivity index (χ1) is 9.40. The highest BCUT2D eigenvalue weighted by Crippen LogP contribution is 2.28. The van der Waals surface area contributed by atoms with Crippen LogP contribution in [0.3, 0.4) is 0 Å². The normalized spacial score (nSPS) is 34.0. The third kappa shape index (κ3) is 3.06. The van der Waals surface area contributed by atoms with Crippen LogP contribution in [0.25, 0.3) is 0 Å². The first kappa shape index (κ1) is 15.1. The van der Waals surface area contributed by atoms with Crippen molar-refractivity contribution in [3.63, 3.8) is 0 Å². The van der Waals surface area contributed by atoms with Gasteiger partial charge in [-0.3, -0.25) is 0 Å². The molecule has 0 spiro atoms. The quantitative estimate of drug-likeness (QED) is 0.796. The number of hydrogen-bond acceptors (Lipinski definition) is 3. The van der Waals surface area contributed by atoms with Crippen molar-refractivity contribution in [2.24, 2.45) is 5.92 Å². The van der Waals surface area contributed by atoms with Crippen LogP contribution in [-0.2, 0) is 4.79 Å². The summed E-state index contributed by atoms with van der Waals surface area (Å²) in [6.45, 7) is 2.30. The van der Waals surface area contributed by atoms with Gasteiger partial charge in [0.1, 0.15) is 6.04 Å². The van der Waals surface area contributed by atoms with Gasteiger partial charge in [0.15, 0.2) is 0 Å². The lowest BCUT2D eigenvalue weighted by molar-refractivity contribution is -0.141. The number of urea groups is 1. The van der Waals surface area contributed by atoms with E-state index in [1.54, 1.807) is 11.9 Å². The van der Waals surface area contributed by atoms with Gasteiger partial charge in [-0.05, 0) is 18.8 Å². The number of carboxylic acids is 1. The zero-order chi connectivity index (χ0) is 14.9. The SMILES string of the molecule is CC1CCCC(N(C)C(=O)N2C[C@H](O)C[C@H]2C(=O)O)C1. The molecule has 1 heterocycles.